The van der Waals surface area contributed by atoms with Crippen molar-refractivity contribution in [3.8, 4) is 5.75 Å². The standard InChI is InChI=1S/C20H22FN3O/c21-18-11-16(25)7-8-17(18)20(13-4-2-1-3-5-13)23-15-6-9-19-14(10-15)12-22-24-19/h4,6-12,14,19-20,23-25H,1-3,5H2. The molecule has 0 radical (unpaired) electrons. The van der Waals surface area contributed by atoms with Gasteiger partial charge in [0.05, 0.1) is 12.1 Å². The highest BCUT2D eigenvalue weighted by Gasteiger charge is 2.26. The van der Waals surface area contributed by atoms with E-state index in [9.17, 15) is 9.50 Å². The van der Waals surface area contributed by atoms with Gasteiger partial charge >= 0.3 is 0 Å². The number of phenols is 1. The van der Waals surface area contributed by atoms with E-state index in [0.717, 1.165) is 25.0 Å². The largest absolute Gasteiger partial charge is 0.508 e. The highest BCUT2D eigenvalue weighted by molar-refractivity contribution is 5.68. The minimum atomic E-state index is -0.383. The van der Waals surface area contributed by atoms with E-state index < -0.39 is 0 Å². The van der Waals surface area contributed by atoms with E-state index in [4.69, 9.17) is 0 Å². The molecule has 0 aromatic heterocycles. The number of hydrazone groups is 1. The third-order valence-electron chi connectivity index (χ3n) is 5.04. The molecule has 3 N–H and O–H groups in total. The van der Waals surface area contributed by atoms with Crippen LogP contribution in [0, 0.1) is 11.7 Å². The first-order valence-corrected chi connectivity index (χ1v) is 8.83. The second kappa shape index (κ2) is 6.75. The number of phenolic OH excluding ortho intramolecular Hbond substituents is 1. The van der Waals surface area contributed by atoms with Gasteiger partial charge in [-0.05, 0) is 43.4 Å². The lowest BCUT2D eigenvalue weighted by atomic mass is 9.88. The Morgan fingerprint density at radius 2 is 2.24 bits per heavy atom. The summed E-state index contributed by atoms with van der Waals surface area (Å²) in [6.45, 7) is 0. The first-order valence-electron chi connectivity index (χ1n) is 8.83. The second-order valence-electron chi connectivity index (χ2n) is 6.80. The van der Waals surface area contributed by atoms with Crippen LogP contribution >= 0.6 is 0 Å². The molecule has 1 heterocycles. The molecule has 1 aromatic rings. The van der Waals surface area contributed by atoms with Crippen LogP contribution in [-0.4, -0.2) is 17.4 Å². The molecule has 0 saturated carbocycles. The Bertz CT molecular complexity index is 781. The molecule has 3 aliphatic rings. The van der Waals surface area contributed by atoms with Crippen molar-refractivity contribution < 1.29 is 9.50 Å². The number of nitrogens with one attached hydrogen (secondary N) is 2. The summed E-state index contributed by atoms with van der Waals surface area (Å²) < 4.78 is 14.5. The number of rotatable bonds is 4. The van der Waals surface area contributed by atoms with Gasteiger partial charge in [-0.15, -0.1) is 0 Å². The molecule has 1 aliphatic heterocycles. The summed E-state index contributed by atoms with van der Waals surface area (Å²) in [6.07, 6.45) is 14.7. The van der Waals surface area contributed by atoms with Crippen LogP contribution in [0.5, 0.6) is 5.75 Å². The highest BCUT2D eigenvalue weighted by Crippen LogP contribution is 2.34. The molecule has 2 aliphatic carbocycles. The molecular weight excluding hydrogens is 317 g/mol. The van der Waals surface area contributed by atoms with Crippen LogP contribution in [0.2, 0.25) is 0 Å². The van der Waals surface area contributed by atoms with Crippen LogP contribution < -0.4 is 10.7 Å². The van der Waals surface area contributed by atoms with Gasteiger partial charge in [0.15, 0.2) is 0 Å². The molecule has 3 atom stereocenters. The minimum absolute atomic E-state index is 0.0505. The van der Waals surface area contributed by atoms with E-state index in [1.54, 1.807) is 12.1 Å². The molecule has 5 heteroatoms. The fourth-order valence-electron chi connectivity index (χ4n) is 3.69. The maximum absolute atomic E-state index is 14.5. The van der Waals surface area contributed by atoms with E-state index in [-0.39, 0.29) is 29.6 Å². The summed E-state index contributed by atoms with van der Waals surface area (Å²) in [4.78, 5) is 0. The van der Waals surface area contributed by atoms with Gasteiger partial charge < -0.3 is 15.8 Å². The van der Waals surface area contributed by atoms with Crippen molar-refractivity contribution in [1.82, 2.24) is 10.7 Å². The van der Waals surface area contributed by atoms with E-state index in [1.165, 1.54) is 18.1 Å². The molecule has 4 nitrogen and oxygen atoms in total. The number of hydrogen-bond acceptors (Lipinski definition) is 4. The van der Waals surface area contributed by atoms with E-state index in [2.05, 4.69) is 34.1 Å². The van der Waals surface area contributed by atoms with Crippen LogP contribution in [0.1, 0.15) is 37.3 Å². The fourth-order valence-corrected chi connectivity index (χ4v) is 3.69. The van der Waals surface area contributed by atoms with Crippen molar-refractivity contribution >= 4 is 6.21 Å². The topological polar surface area (TPSA) is 56.6 Å². The predicted molar refractivity (Wildman–Crippen MR) is 96.6 cm³/mol. The number of allylic oxidation sites excluding steroid dienone is 2. The Morgan fingerprint density at radius 1 is 1.32 bits per heavy atom. The third kappa shape index (κ3) is 3.31. The van der Waals surface area contributed by atoms with Crippen LogP contribution in [0.25, 0.3) is 0 Å². The van der Waals surface area contributed by atoms with Crippen LogP contribution in [0.15, 0.2) is 58.9 Å². The average molecular weight is 339 g/mol. The number of hydrogen-bond donors (Lipinski definition) is 3. The summed E-state index contributed by atoms with van der Waals surface area (Å²) in [5.74, 6) is -0.213. The van der Waals surface area contributed by atoms with Crippen molar-refractivity contribution in [3.05, 3.63) is 65.2 Å². The quantitative estimate of drug-likeness (QED) is 0.733. The van der Waals surface area contributed by atoms with Crippen molar-refractivity contribution in [2.45, 2.75) is 37.8 Å². The van der Waals surface area contributed by atoms with Gasteiger partial charge in [0.1, 0.15) is 11.6 Å². The molecule has 3 unspecified atom stereocenters. The minimum Gasteiger partial charge on any atom is -0.508 e. The molecule has 0 spiro atoms. The molecule has 130 valence electrons. The van der Waals surface area contributed by atoms with Gasteiger partial charge in [-0.25, -0.2) is 4.39 Å². The van der Waals surface area contributed by atoms with Crippen LogP contribution in [0.4, 0.5) is 4.39 Å². The van der Waals surface area contributed by atoms with Crippen molar-refractivity contribution in [2.24, 2.45) is 11.0 Å². The number of aromatic hydroxyl groups is 1. The average Bonchev–Trinajstić information content (AvgIpc) is 3.09. The summed E-state index contributed by atoms with van der Waals surface area (Å²) in [6, 6.07) is 4.39. The lowest BCUT2D eigenvalue weighted by Crippen LogP contribution is -2.30. The highest BCUT2D eigenvalue weighted by atomic mass is 19.1. The van der Waals surface area contributed by atoms with Crippen molar-refractivity contribution in [3.63, 3.8) is 0 Å². The first kappa shape index (κ1) is 15.9. The monoisotopic (exact) mass is 339 g/mol. The lowest BCUT2D eigenvalue weighted by molar-refractivity contribution is 0.465. The number of fused-ring (bicyclic) bond motifs is 1. The molecule has 0 amide bonds. The van der Waals surface area contributed by atoms with Crippen LogP contribution in [0.3, 0.4) is 0 Å². The number of nitrogens with zero attached hydrogens (tertiary/aromatic N) is 1. The Morgan fingerprint density at radius 3 is 3.04 bits per heavy atom. The molecular formula is C20H22FN3O. The molecule has 0 saturated heterocycles. The Balaban J connectivity index is 1.65. The van der Waals surface area contributed by atoms with E-state index in [0.29, 0.717) is 5.56 Å². The SMILES string of the molecule is Oc1ccc(C(NC2=CC3C=NNC3C=C2)C2=CCCCC2)c(F)c1. The van der Waals surface area contributed by atoms with Gasteiger partial charge in [-0.1, -0.05) is 24.3 Å². The summed E-state index contributed by atoms with van der Waals surface area (Å²) in [7, 11) is 0. The van der Waals surface area contributed by atoms with Crippen molar-refractivity contribution in [1.29, 1.82) is 0 Å². The molecule has 0 fully saturated rings. The maximum Gasteiger partial charge on any atom is 0.132 e. The maximum atomic E-state index is 14.5. The van der Waals surface area contributed by atoms with Crippen molar-refractivity contribution in [2.75, 3.05) is 0 Å². The van der Waals surface area contributed by atoms with Gasteiger partial charge in [-0.2, -0.15) is 5.10 Å². The van der Waals surface area contributed by atoms with E-state index >= 15 is 0 Å². The van der Waals surface area contributed by atoms with Gasteiger partial charge in [0.25, 0.3) is 0 Å². The number of halogens is 1. The van der Waals surface area contributed by atoms with Gasteiger partial charge in [0.2, 0.25) is 0 Å². The smallest absolute Gasteiger partial charge is 0.132 e. The first-order chi connectivity index (χ1) is 12.2. The zero-order valence-corrected chi connectivity index (χ0v) is 14.0. The van der Waals surface area contributed by atoms with Gasteiger partial charge in [-0.3, -0.25) is 0 Å². The zero-order chi connectivity index (χ0) is 17.2. The Labute approximate surface area is 146 Å². The summed E-state index contributed by atoms with van der Waals surface area (Å²) in [5.41, 5.74) is 5.81. The Kier molecular flexibility index (Phi) is 4.30. The summed E-state index contributed by atoms with van der Waals surface area (Å²) >= 11 is 0. The molecule has 0 bridgehead atoms. The number of benzene rings is 1. The molecule has 25 heavy (non-hydrogen) atoms. The summed E-state index contributed by atoms with van der Waals surface area (Å²) in [5, 5.41) is 17.2. The zero-order valence-electron chi connectivity index (χ0n) is 14.0. The fraction of sp³-hybridized carbons (Fsp3) is 0.350. The van der Waals surface area contributed by atoms with Gasteiger partial charge in [0, 0.05) is 29.5 Å². The third-order valence-corrected chi connectivity index (χ3v) is 5.04. The molecule has 1 aromatic carbocycles. The lowest BCUT2D eigenvalue weighted by Gasteiger charge is -2.28. The predicted octanol–water partition coefficient (Wildman–Crippen LogP) is 3.69. The van der Waals surface area contributed by atoms with Crippen LogP contribution in [-0.2, 0) is 0 Å². The molecule has 4 rings (SSSR count). The normalized spacial score (nSPS) is 25.6. The second-order valence-corrected chi connectivity index (χ2v) is 6.80. The van der Waals surface area contributed by atoms with E-state index in [1.807, 2.05) is 12.3 Å². The Hall–Kier alpha value is -2.56.